The van der Waals surface area contributed by atoms with Gasteiger partial charge in [0.25, 0.3) is 5.91 Å². The third-order valence-corrected chi connectivity index (χ3v) is 8.36. The molecule has 35 heavy (non-hydrogen) atoms. The molecule has 3 atom stereocenters. The van der Waals surface area contributed by atoms with Gasteiger partial charge in [0.05, 0.1) is 0 Å². The highest BCUT2D eigenvalue weighted by Gasteiger charge is 2.40. The van der Waals surface area contributed by atoms with Crippen LogP contribution in [0.2, 0.25) is 0 Å². The summed E-state index contributed by atoms with van der Waals surface area (Å²) < 4.78 is 42.3. The Kier molecular flexibility index (Phi) is 6.68. The van der Waals surface area contributed by atoms with Gasteiger partial charge in [-0.2, -0.15) is 0 Å². The molecule has 5 nitrogen and oxygen atoms in total. The number of nitrogens with zero attached hydrogens (tertiary/aromatic N) is 1. The van der Waals surface area contributed by atoms with Gasteiger partial charge in [-0.25, -0.2) is 13.2 Å². The molecule has 2 aliphatic heterocycles. The number of nitrogens with one attached hydrogen (secondary N) is 2. The molecule has 2 heterocycles. The van der Waals surface area contributed by atoms with E-state index in [1.807, 2.05) is 0 Å². The smallest absolute Gasteiger partial charge is 0.255 e. The lowest BCUT2D eigenvalue weighted by Crippen LogP contribution is -2.49. The van der Waals surface area contributed by atoms with E-state index < -0.39 is 12.0 Å². The molecule has 1 unspecified atom stereocenters. The van der Waals surface area contributed by atoms with Gasteiger partial charge < -0.3 is 15.5 Å². The quantitative estimate of drug-likeness (QED) is 0.622. The summed E-state index contributed by atoms with van der Waals surface area (Å²) in [6.07, 6.45) is 6.60. The van der Waals surface area contributed by atoms with Crippen LogP contribution in [0.25, 0.3) is 0 Å². The molecule has 1 aromatic carbocycles. The fraction of sp³-hybridized carbons (Fsp3) is 0.630. The van der Waals surface area contributed by atoms with Crippen LogP contribution in [-0.2, 0) is 17.8 Å². The number of benzene rings is 1. The molecule has 4 aliphatic rings. The van der Waals surface area contributed by atoms with Gasteiger partial charge in [0.2, 0.25) is 11.8 Å². The molecule has 0 aromatic heterocycles. The normalized spacial score (nSPS) is 29.3. The first kappa shape index (κ1) is 24.3. The van der Waals surface area contributed by atoms with Gasteiger partial charge in [-0.1, -0.05) is 25.5 Å². The number of carbonyl (C=O) groups excluding carboxylic acids is 2. The molecule has 0 radical (unpaired) electrons. The summed E-state index contributed by atoms with van der Waals surface area (Å²) in [6.45, 7) is 4.09. The largest absolute Gasteiger partial charge is 0.329 e. The summed E-state index contributed by atoms with van der Waals surface area (Å²) in [5, 5.41) is 6.36. The maximum absolute atomic E-state index is 15.2. The van der Waals surface area contributed by atoms with Crippen LogP contribution in [-0.4, -0.2) is 40.8 Å². The molecule has 190 valence electrons. The van der Waals surface area contributed by atoms with E-state index >= 15 is 4.39 Å². The molecule has 2 N–H and O–H groups in total. The second-order valence-electron chi connectivity index (χ2n) is 10.8. The average molecular weight is 490 g/mol. The Hall–Kier alpha value is -2.35. The minimum Gasteiger partial charge on any atom is -0.329 e. The molecule has 2 saturated carbocycles. The van der Waals surface area contributed by atoms with Crippen molar-refractivity contribution in [2.24, 2.45) is 5.92 Å². The van der Waals surface area contributed by atoms with Gasteiger partial charge in [0.1, 0.15) is 11.9 Å². The summed E-state index contributed by atoms with van der Waals surface area (Å²) >= 11 is 0. The number of halogens is 3. The van der Waals surface area contributed by atoms with E-state index in [0.29, 0.717) is 55.5 Å². The van der Waals surface area contributed by atoms with Crippen molar-refractivity contribution in [1.82, 2.24) is 15.5 Å². The topological polar surface area (TPSA) is 61.4 Å². The van der Waals surface area contributed by atoms with E-state index in [0.717, 1.165) is 31.2 Å². The van der Waals surface area contributed by atoms with Crippen LogP contribution in [0.4, 0.5) is 13.2 Å². The number of amides is 2. The predicted octanol–water partition coefficient (Wildman–Crippen LogP) is 4.84. The van der Waals surface area contributed by atoms with Crippen LogP contribution < -0.4 is 10.6 Å². The lowest BCUT2D eigenvalue weighted by Gasteiger charge is -2.38. The Morgan fingerprint density at radius 3 is 2.57 bits per heavy atom. The Bertz CT molecular complexity index is 1020. The fourth-order valence-corrected chi connectivity index (χ4v) is 6.34. The molecule has 2 aliphatic carbocycles. The number of alkyl halides is 2. The Labute approximate surface area is 204 Å². The first-order valence-corrected chi connectivity index (χ1v) is 12.9. The maximum Gasteiger partial charge on any atom is 0.255 e. The zero-order valence-electron chi connectivity index (χ0n) is 20.1. The minimum absolute atomic E-state index is 0.0703. The van der Waals surface area contributed by atoms with Gasteiger partial charge in [-0.3, -0.25) is 9.59 Å². The van der Waals surface area contributed by atoms with E-state index in [-0.39, 0.29) is 48.5 Å². The third kappa shape index (κ3) is 5.13. The summed E-state index contributed by atoms with van der Waals surface area (Å²) in [5.74, 6) is -3.25. The molecular weight excluding hydrogens is 455 g/mol. The highest BCUT2D eigenvalue weighted by molar-refractivity contribution is 6.01. The zero-order valence-corrected chi connectivity index (χ0v) is 20.1. The molecule has 1 saturated heterocycles. The second kappa shape index (κ2) is 9.60. The molecule has 0 spiro atoms. The van der Waals surface area contributed by atoms with Crippen LogP contribution in [0.15, 0.2) is 24.4 Å². The van der Waals surface area contributed by atoms with Crippen LogP contribution in [0.1, 0.15) is 85.7 Å². The number of allylic oxidation sites excluding steroid dienone is 1. The molecular formula is C27H34F3N3O2. The van der Waals surface area contributed by atoms with Crippen molar-refractivity contribution in [3.05, 3.63) is 46.9 Å². The third-order valence-electron chi connectivity index (χ3n) is 8.36. The number of hydrogen-bond acceptors (Lipinski definition) is 3. The van der Waals surface area contributed by atoms with Crippen LogP contribution in [0.5, 0.6) is 0 Å². The highest BCUT2D eigenvalue weighted by Crippen LogP contribution is 2.36. The number of piperidine rings is 1. The van der Waals surface area contributed by atoms with Gasteiger partial charge in [0, 0.05) is 42.7 Å². The van der Waals surface area contributed by atoms with Crippen LogP contribution >= 0.6 is 0 Å². The highest BCUT2D eigenvalue weighted by atomic mass is 19.3. The summed E-state index contributed by atoms with van der Waals surface area (Å²) in [4.78, 5) is 27.0. The molecule has 5 rings (SSSR count). The maximum atomic E-state index is 15.2. The van der Waals surface area contributed by atoms with E-state index in [9.17, 15) is 18.4 Å². The van der Waals surface area contributed by atoms with Gasteiger partial charge in [-0.05, 0) is 68.1 Å². The van der Waals surface area contributed by atoms with Crippen molar-refractivity contribution in [2.45, 2.75) is 101 Å². The number of rotatable bonds is 5. The number of hydrogen-bond donors (Lipinski definition) is 2. The fourth-order valence-electron chi connectivity index (χ4n) is 6.34. The minimum atomic E-state index is -2.55. The van der Waals surface area contributed by atoms with Gasteiger partial charge in [0.15, 0.2) is 0 Å². The summed E-state index contributed by atoms with van der Waals surface area (Å²) in [6, 6.07) is 2.84. The Balaban J connectivity index is 1.28. The van der Waals surface area contributed by atoms with E-state index in [1.165, 1.54) is 6.07 Å². The van der Waals surface area contributed by atoms with Crippen molar-refractivity contribution >= 4 is 11.8 Å². The molecule has 0 bridgehead atoms. The van der Waals surface area contributed by atoms with Gasteiger partial charge in [-0.15, -0.1) is 0 Å². The molecule has 8 heteroatoms. The molecule has 3 fully saturated rings. The van der Waals surface area contributed by atoms with E-state index in [2.05, 4.69) is 17.2 Å². The summed E-state index contributed by atoms with van der Waals surface area (Å²) in [7, 11) is 0. The van der Waals surface area contributed by atoms with Crippen LogP contribution in [0.3, 0.4) is 0 Å². The van der Waals surface area contributed by atoms with E-state index in [1.54, 1.807) is 11.0 Å². The monoisotopic (exact) mass is 489 g/mol. The standard InChI is InChI=1S/C27H34F3N3O2/c1-16-6-7-24(25(34)31-16)33-15-19-13-18(22(28)14-21(19)26(33)35)12-17-4-2-3-5-23(17)32-20-8-10-27(29,30)11-9-20/h13-14,17,20,23-24,32H,1-12,15H2,(H,31,34)/t17-,23+,24?/m1/s1. The zero-order chi connectivity index (χ0) is 24.7. The Morgan fingerprint density at radius 1 is 1.09 bits per heavy atom. The first-order valence-electron chi connectivity index (χ1n) is 12.9. The van der Waals surface area contributed by atoms with Crippen molar-refractivity contribution in [3.63, 3.8) is 0 Å². The lowest BCUT2D eigenvalue weighted by molar-refractivity contribution is -0.126. The lowest BCUT2D eigenvalue weighted by atomic mass is 9.79. The summed E-state index contributed by atoms with van der Waals surface area (Å²) in [5.41, 5.74) is 2.35. The van der Waals surface area contributed by atoms with Crippen LogP contribution in [0, 0.1) is 11.7 Å². The Morgan fingerprint density at radius 2 is 1.83 bits per heavy atom. The van der Waals surface area contributed by atoms with Gasteiger partial charge >= 0.3 is 0 Å². The number of carbonyl (C=O) groups is 2. The SMILES string of the molecule is C=C1CCC(N2Cc3cc(C[C@H]4CCCC[C@@H]4NC4CCC(F)(F)CC4)c(F)cc3C2=O)C(=O)N1. The predicted molar refractivity (Wildman–Crippen MR) is 126 cm³/mol. The van der Waals surface area contributed by atoms with Crippen molar-refractivity contribution in [3.8, 4) is 0 Å². The average Bonchev–Trinajstić information content (AvgIpc) is 3.12. The first-order chi connectivity index (χ1) is 16.7. The molecule has 2 amide bonds. The van der Waals surface area contributed by atoms with Crippen molar-refractivity contribution in [2.75, 3.05) is 0 Å². The molecule has 1 aromatic rings. The van der Waals surface area contributed by atoms with Crippen molar-refractivity contribution < 1.29 is 22.8 Å². The number of fused-ring (bicyclic) bond motifs is 1. The second-order valence-corrected chi connectivity index (χ2v) is 10.8. The van der Waals surface area contributed by atoms with Crippen molar-refractivity contribution in [1.29, 1.82) is 0 Å². The van der Waals surface area contributed by atoms with E-state index in [4.69, 9.17) is 0 Å².